The van der Waals surface area contributed by atoms with Crippen LogP contribution in [0, 0.1) is 0 Å². The number of rotatable bonds is 4. The first-order chi connectivity index (χ1) is 28.2. The summed E-state index contributed by atoms with van der Waals surface area (Å²) in [6.45, 7) is 0. The van der Waals surface area contributed by atoms with Gasteiger partial charge in [0.05, 0.1) is 33.6 Å². The summed E-state index contributed by atoms with van der Waals surface area (Å²) in [5, 5.41) is 10.8. The monoisotopic (exact) mass is 743 g/mol. The summed E-state index contributed by atoms with van der Waals surface area (Å²) in [5.41, 5.74) is 11.5. The summed E-state index contributed by atoms with van der Waals surface area (Å²) in [7, 11) is 0. The van der Waals surface area contributed by atoms with Gasteiger partial charge >= 0.3 is 0 Å². The summed E-state index contributed by atoms with van der Waals surface area (Å²) in [5.74, 6) is 0. The third-order valence-electron chi connectivity index (χ3n) is 11.6. The van der Waals surface area contributed by atoms with Gasteiger partial charge < -0.3 is 0 Å². The molecule has 0 N–H and O–H groups in total. The van der Waals surface area contributed by atoms with Gasteiger partial charge in [-0.15, -0.1) is 11.3 Å². The van der Waals surface area contributed by atoms with Crippen molar-refractivity contribution in [2.45, 2.75) is 12.8 Å². The molecule has 11 aromatic rings. The molecule has 266 valence electrons. The molecule has 0 saturated heterocycles. The predicted molar refractivity (Wildman–Crippen MR) is 243 cm³/mol. The SMILES string of the molecule is C1=CC(c2ccc3ccc4ccc(-c5ccc6ccc(-c7cccc(-c8nc9ccccc9c9c8ccc8c%10ccccc%10sc89)c7)cc6c5)nc4c3n2)=CCC1. The number of para-hydroxylation sites is 1. The van der Waals surface area contributed by atoms with Crippen LogP contribution in [0.3, 0.4) is 0 Å². The fourth-order valence-corrected chi connectivity index (χ4v) is 10.0. The van der Waals surface area contributed by atoms with E-state index in [4.69, 9.17) is 15.0 Å². The smallest absolute Gasteiger partial charge is 0.0972 e. The number of nitrogens with zero attached hydrogens (tertiary/aromatic N) is 3. The molecular weight excluding hydrogens is 711 g/mol. The quantitative estimate of drug-likeness (QED) is 0.169. The minimum atomic E-state index is 0.931. The lowest BCUT2D eigenvalue weighted by molar-refractivity contribution is 1.04. The maximum atomic E-state index is 5.32. The Labute approximate surface area is 332 Å². The summed E-state index contributed by atoms with van der Waals surface area (Å²) in [4.78, 5) is 15.7. The fraction of sp³-hybridized carbons (Fsp3) is 0.0377. The van der Waals surface area contributed by atoms with Gasteiger partial charge in [0.1, 0.15) is 0 Å². The van der Waals surface area contributed by atoms with Crippen molar-refractivity contribution < 1.29 is 0 Å². The van der Waals surface area contributed by atoms with Gasteiger partial charge in [-0.05, 0) is 82.8 Å². The Kier molecular flexibility index (Phi) is 7.23. The van der Waals surface area contributed by atoms with Gasteiger partial charge in [0.15, 0.2) is 0 Å². The maximum Gasteiger partial charge on any atom is 0.0972 e. The van der Waals surface area contributed by atoms with Gasteiger partial charge in [-0.25, -0.2) is 15.0 Å². The number of aromatic nitrogens is 3. The van der Waals surface area contributed by atoms with Crippen molar-refractivity contribution in [3.05, 3.63) is 182 Å². The highest BCUT2D eigenvalue weighted by Crippen LogP contribution is 2.44. The molecule has 7 aromatic carbocycles. The maximum absolute atomic E-state index is 5.32. The van der Waals surface area contributed by atoms with Crippen LogP contribution < -0.4 is 0 Å². The topological polar surface area (TPSA) is 38.7 Å². The molecule has 0 amide bonds. The second-order valence-corrected chi connectivity index (χ2v) is 16.1. The Morgan fingerprint density at radius 3 is 1.98 bits per heavy atom. The van der Waals surface area contributed by atoms with Gasteiger partial charge in [0, 0.05) is 58.2 Å². The van der Waals surface area contributed by atoms with Crippen molar-refractivity contribution >= 4 is 91.3 Å². The number of benzene rings is 7. The Bertz CT molecular complexity index is 3540. The van der Waals surface area contributed by atoms with E-state index < -0.39 is 0 Å². The standard InChI is InChI=1S/C53H33N3S/c1-2-9-33(10-3-1)45-27-23-34-19-20-35-24-28-46(55-52(35)51(34)54-45)38-22-18-32-17-21-37(30-40(32)31-38)36-11-8-12-39(29-36)50-44-26-25-42-41-13-5-7-16-48(41)57-53(42)49(44)43-14-4-6-15-47(43)56-50/h2,4-31H,1,3H2. The molecule has 57 heavy (non-hydrogen) atoms. The van der Waals surface area contributed by atoms with Gasteiger partial charge in [-0.3, -0.25) is 0 Å². The third kappa shape index (κ3) is 5.29. The lowest BCUT2D eigenvalue weighted by Gasteiger charge is -2.13. The van der Waals surface area contributed by atoms with E-state index in [1.807, 2.05) is 11.3 Å². The highest BCUT2D eigenvalue weighted by atomic mass is 32.1. The molecule has 0 spiro atoms. The largest absolute Gasteiger partial charge is 0.247 e. The van der Waals surface area contributed by atoms with Gasteiger partial charge in [-0.1, -0.05) is 133 Å². The first-order valence-corrected chi connectivity index (χ1v) is 20.4. The van der Waals surface area contributed by atoms with Crippen LogP contribution in [-0.4, -0.2) is 15.0 Å². The average molecular weight is 744 g/mol. The van der Waals surface area contributed by atoms with Crippen molar-refractivity contribution in [2.75, 3.05) is 0 Å². The van der Waals surface area contributed by atoms with Crippen molar-refractivity contribution in [3.63, 3.8) is 0 Å². The van der Waals surface area contributed by atoms with Crippen LogP contribution in [0.1, 0.15) is 18.5 Å². The van der Waals surface area contributed by atoms with Crippen LogP contribution >= 0.6 is 11.3 Å². The molecule has 0 aliphatic heterocycles. The van der Waals surface area contributed by atoms with Crippen LogP contribution in [0.4, 0.5) is 0 Å². The highest BCUT2D eigenvalue weighted by Gasteiger charge is 2.17. The van der Waals surface area contributed by atoms with E-state index in [0.29, 0.717) is 0 Å². The molecule has 3 nitrogen and oxygen atoms in total. The van der Waals surface area contributed by atoms with Crippen LogP contribution in [-0.2, 0) is 0 Å². The van der Waals surface area contributed by atoms with Crippen molar-refractivity contribution in [2.24, 2.45) is 0 Å². The van der Waals surface area contributed by atoms with E-state index in [-0.39, 0.29) is 0 Å². The zero-order valence-corrected chi connectivity index (χ0v) is 31.7. The summed E-state index contributed by atoms with van der Waals surface area (Å²) >= 11 is 1.88. The zero-order valence-electron chi connectivity index (χ0n) is 30.9. The number of hydrogen-bond acceptors (Lipinski definition) is 4. The van der Waals surface area contributed by atoms with Crippen LogP contribution in [0.5, 0.6) is 0 Å². The zero-order chi connectivity index (χ0) is 37.5. The Morgan fingerprint density at radius 2 is 1.12 bits per heavy atom. The Balaban J connectivity index is 0.959. The second kappa shape index (κ2) is 12.8. The lowest BCUT2D eigenvalue weighted by Crippen LogP contribution is -1.94. The molecule has 4 aromatic heterocycles. The van der Waals surface area contributed by atoms with Gasteiger partial charge in [0.25, 0.3) is 0 Å². The molecule has 0 unspecified atom stereocenters. The molecule has 4 heteroatoms. The summed E-state index contributed by atoms with van der Waals surface area (Å²) in [6, 6.07) is 57.1. The van der Waals surface area contributed by atoms with Crippen molar-refractivity contribution in [1.82, 2.24) is 15.0 Å². The van der Waals surface area contributed by atoms with Crippen LogP contribution in [0.2, 0.25) is 0 Å². The number of allylic oxidation sites excluding steroid dienone is 4. The van der Waals surface area contributed by atoms with E-state index in [2.05, 4.69) is 176 Å². The van der Waals surface area contributed by atoms with E-state index in [1.54, 1.807) is 0 Å². The fourth-order valence-electron chi connectivity index (χ4n) is 8.76. The summed E-state index contributed by atoms with van der Waals surface area (Å²) in [6.07, 6.45) is 8.84. The molecule has 1 aliphatic carbocycles. The van der Waals surface area contributed by atoms with Gasteiger partial charge in [0.2, 0.25) is 0 Å². The number of pyridine rings is 3. The first-order valence-electron chi connectivity index (χ1n) is 19.6. The minimum Gasteiger partial charge on any atom is -0.247 e. The predicted octanol–water partition coefficient (Wildman–Crippen LogP) is 14.7. The molecule has 0 bridgehead atoms. The minimum absolute atomic E-state index is 0.931. The lowest BCUT2D eigenvalue weighted by atomic mass is 9.95. The van der Waals surface area contributed by atoms with E-state index in [9.17, 15) is 0 Å². The molecule has 12 rings (SSSR count). The van der Waals surface area contributed by atoms with Gasteiger partial charge in [-0.2, -0.15) is 0 Å². The van der Waals surface area contributed by atoms with E-state index in [1.165, 1.54) is 58.2 Å². The first kappa shape index (κ1) is 32.3. The molecule has 0 radical (unpaired) electrons. The molecule has 0 saturated carbocycles. The van der Waals surface area contributed by atoms with Crippen molar-refractivity contribution in [1.29, 1.82) is 0 Å². The van der Waals surface area contributed by atoms with E-state index in [0.717, 1.165) is 73.9 Å². The number of fused-ring (bicyclic) bond motifs is 11. The highest BCUT2D eigenvalue weighted by molar-refractivity contribution is 7.26. The summed E-state index contributed by atoms with van der Waals surface area (Å²) < 4.78 is 2.63. The van der Waals surface area contributed by atoms with Crippen LogP contribution in [0.25, 0.3) is 114 Å². The molecule has 4 heterocycles. The second-order valence-electron chi connectivity index (χ2n) is 15.0. The number of thiophene rings is 1. The molecule has 1 aliphatic rings. The van der Waals surface area contributed by atoms with E-state index >= 15 is 0 Å². The average Bonchev–Trinajstić information content (AvgIpc) is 3.67. The Morgan fingerprint density at radius 1 is 0.439 bits per heavy atom. The third-order valence-corrected chi connectivity index (χ3v) is 12.8. The normalized spacial score (nSPS) is 13.2. The molecular formula is C53H33N3S. The Hall–Kier alpha value is -7.01. The molecule has 0 atom stereocenters. The molecule has 0 fully saturated rings. The van der Waals surface area contributed by atoms with Crippen LogP contribution in [0.15, 0.2) is 176 Å². The number of hydrogen-bond donors (Lipinski definition) is 0. The van der Waals surface area contributed by atoms with Crippen molar-refractivity contribution in [3.8, 4) is 33.6 Å².